The third kappa shape index (κ3) is 7.07. The SMILES string of the molecule is CC(C)[Si](OCC1OC(OS(C)(=O)=O)C(Cl)(Cl)C1O[Si](C(C)C)(C(C)C)C(C)C)(C(C)C)C(C)C. The van der Waals surface area contributed by atoms with Gasteiger partial charge in [0.15, 0.2) is 12.7 Å². The summed E-state index contributed by atoms with van der Waals surface area (Å²) in [6.07, 6.45) is -1.88. The topological polar surface area (TPSA) is 71.1 Å². The van der Waals surface area contributed by atoms with Crippen LogP contribution in [0, 0.1) is 0 Å². The molecule has 1 rings (SSSR count). The molecule has 3 unspecified atom stereocenters. The van der Waals surface area contributed by atoms with Crippen LogP contribution in [0.1, 0.15) is 83.1 Å². The highest BCUT2D eigenvalue weighted by Crippen LogP contribution is 2.51. The van der Waals surface area contributed by atoms with Crippen LogP contribution in [0.3, 0.4) is 0 Å². The van der Waals surface area contributed by atoms with Crippen molar-refractivity contribution in [1.82, 2.24) is 0 Å². The molecule has 0 N–H and O–H groups in total. The molecule has 6 nitrogen and oxygen atoms in total. The molecule has 0 aliphatic carbocycles. The van der Waals surface area contributed by atoms with E-state index in [0.29, 0.717) is 16.6 Å². The van der Waals surface area contributed by atoms with E-state index in [4.69, 9.17) is 41.0 Å². The van der Waals surface area contributed by atoms with E-state index in [1.54, 1.807) is 0 Å². The van der Waals surface area contributed by atoms with Crippen molar-refractivity contribution in [2.45, 2.75) is 139 Å². The van der Waals surface area contributed by atoms with Crippen molar-refractivity contribution in [3.05, 3.63) is 0 Å². The Bertz CT molecular complexity index is 743. The molecular weight excluding hydrogens is 543 g/mol. The molecule has 0 amide bonds. The Labute approximate surface area is 227 Å². The smallest absolute Gasteiger partial charge is 0.266 e. The second-order valence-corrected chi connectivity index (χ2v) is 25.9. The summed E-state index contributed by atoms with van der Waals surface area (Å²) in [5.41, 5.74) is 1.95. The van der Waals surface area contributed by atoms with Crippen molar-refractivity contribution >= 4 is 50.0 Å². The standard InChI is InChI=1S/C24H50Cl2O6SSi2/c1-15(2)34(16(3)4,17(5)6)29-14-21-22(24(25,26)23(30-21)31-33(13,27)28)32-35(18(7)8,19(9)10)20(11)12/h15-23H,14H2,1-13H3. The highest BCUT2D eigenvalue weighted by Gasteiger charge is 2.62. The van der Waals surface area contributed by atoms with E-state index in [1.165, 1.54) is 0 Å². The molecule has 0 aromatic heterocycles. The number of halogens is 2. The molecule has 11 heteroatoms. The molecule has 1 fully saturated rings. The molecule has 0 saturated carbocycles. The minimum Gasteiger partial charge on any atom is -0.413 e. The lowest BCUT2D eigenvalue weighted by atomic mass is 10.2. The Hall–Kier alpha value is 0.804. The minimum absolute atomic E-state index is 0.217. The van der Waals surface area contributed by atoms with Crippen molar-refractivity contribution in [2.24, 2.45) is 0 Å². The lowest BCUT2D eigenvalue weighted by molar-refractivity contribution is -0.0892. The van der Waals surface area contributed by atoms with Gasteiger partial charge in [-0.15, -0.1) is 0 Å². The number of ether oxygens (including phenoxy) is 1. The number of rotatable bonds is 13. The second-order valence-electron chi connectivity index (χ2n) is 12.0. The van der Waals surface area contributed by atoms with Crippen molar-refractivity contribution < 1.29 is 26.2 Å². The zero-order chi connectivity index (χ0) is 27.7. The molecule has 0 bridgehead atoms. The van der Waals surface area contributed by atoms with Gasteiger partial charge in [-0.05, 0) is 33.2 Å². The lowest BCUT2D eigenvalue weighted by Crippen LogP contribution is -2.56. The molecule has 1 saturated heterocycles. The van der Waals surface area contributed by atoms with E-state index < -0.39 is 49.6 Å². The van der Waals surface area contributed by atoms with Gasteiger partial charge in [0.1, 0.15) is 12.2 Å². The molecule has 1 aliphatic heterocycles. The van der Waals surface area contributed by atoms with Gasteiger partial charge in [0.25, 0.3) is 10.1 Å². The zero-order valence-corrected chi connectivity index (χ0v) is 28.3. The first-order chi connectivity index (χ1) is 15.7. The first-order valence-corrected chi connectivity index (χ1v) is 19.8. The number of hydrogen-bond donors (Lipinski definition) is 0. The molecule has 1 aliphatic rings. The van der Waals surface area contributed by atoms with Gasteiger partial charge in [-0.1, -0.05) is 106 Å². The Balaban J connectivity index is 3.53. The quantitative estimate of drug-likeness (QED) is 0.124. The normalized spacial score (nSPS) is 24.2. The third-order valence-corrected chi connectivity index (χ3v) is 21.3. The summed E-state index contributed by atoms with van der Waals surface area (Å²) in [4.78, 5) is 0. The molecule has 0 aromatic carbocycles. The van der Waals surface area contributed by atoms with Crippen molar-refractivity contribution in [3.8, 4) is 0 Å². The third-order valence-electron chi connectivity index (χ3n) is 7.83. The molecule has 1 heterocycles. The van der Waals surface area contributed by atoms with Crippen LogP contribution in [0.2, 0.25) is 33.2 Å². The van der Waals surface area contributed by atoms with Gasteiger partial charge >= 0.3 is 0 Å². The van der Waals surface area contributed by atoms with E-state index in [0.717, 1.165) is 6.26 Å². The fourth-order valence-corrected chi connectivity index (χ4v) is 19.0. The summed E-state index contributed by atoms with van der Waals surface area (Å²) >= 11 is 13.7. The van der Waals surface area contributed by atoms with E-state index in [1.807, 2.05) is 0 Å². The largest absolute Gasteiger partial charge is 0.413 e. The second kappa shape index (κ2) is 12.3. The van der Waals surface area contributed by atoms with Crippen molar-refractivity contribution in [1.29, 1.82) is 0 Å². The highest BCUT2D eigenvalue weighted by atomic mass is 35.5. The van der Waals surface area contributed by atoms with Crippen LogP contribution in [-0.2, 0) is 27.9 Å². The van der Waals surface area contributed by atoms with Gasteiger partial charge in [-0.2, -0.15) is 8.42 Å². The maximum absolute atomic E-state index is 12.0. The summed E-state index contributed by atoms with van der Waals surface area (Å²) in [7, 11) is -8.56. The predicted molar refractivity (Wildman–Crippen MR) is 152 cm³/mol. The van der Waals surface area contributed by atoms with Crippen LogP contribution in [0.5, 0.6) is 0 Å². The first-order valence-electron chi connectivity index (χ1n) is 12.9. The summed E-state index contributed by atoms with van der Waals surface area (Å²) in [6, 6.07) is 0. The fraction of sp³-hybridized carbons (Fsp3) is 1.00. The average molecular weight is 594 g/mol. The lowest BCUT2D eigenvalue weighted by Gasteiger charge is -2.47. The Morgan fingerprint density at radius 3 is 1.46 bits per heavy atom. The van der Waals surface area contributed by atoms with Crippen LogP contribution in [0.4, 0.5) is 0 Å². The number of hydrogen-bond acceptors (Lipinski definition) is 6. The monoisotopic (exact) mass is 592 g/mol. The average Bonchev–Trinajstić information content (AvgIpc) is 2.86. The molecule has 0 spiro atoms. The molecule has 0 radical (unpaired) electrons. The van der Waals surface area contributed by atoms with E-state index in [2.05, 4.69) is 83.1 Å². The summed E-state index contributed by atoms with van der Waals surface area (Å²) in [5, 5.41) is 0. The maximum atomic E-state index is 12.0. The van der Waals surface area contributed by atoms with Gasteiger partial charge in [-0.3, -0.25) is 0 Å². The highest BCUT2D eigenvalue weighted by molar-refractivity contribution is 7.86. The van der Waals surface area contributed by atoms with Crippen molar-refractivity contribution in [2.75, 3.05) is 12.9 Å². The van der Waals surface area contributed by atoms with Gasteiger partial charge in [0.2, 0.25) is 14.6 Å². The summed E-state index contributed by atoms with van der Waals surface area (Å²) in [6.45, 7) is 26.6. The van der Waals surface area contributed by atoms with E-state index >= 15 is 0 Å². The molecular formula is C24H50Cl2O6SSi2. The first kappa shape index (κ1) is 33.8. The van der Waals surface area contributed by atoms with E-state index in [-0.39, 0.29) is 23.2 Å². The summed E-state index contributed by atoms with van der Waals surface area (Å²) < 4.78 is 47.5. The Kier molecular flexibility index (Phi) is 11.9. The molecule has 3 atom stereocenters. The van der Waals surface area contributed by atoms with Crippen LogP contribution in [0.15, 0.2) is 0 Å². The van der Waals surface area contributed by atoms with Crippen LogP contribution in [0.25, 0.3) is 0 Å². The van der Waals surface area contributed by atoms with Gasteiger partial charge in [-0.25, -0.2) is 4.18 Å². The predicted octanol–water partition coefficient (Wildman–Crippen LogP) is 7.61. The Morgan fingerprint density at radius 1 is 0.771 bits per heavy atom. The minimum atomic E-state index is -3.87. The summed E-state index contributed by atoms with van der Waals surface area (Å²) in [5.74, 6) is 0. The van der Waals surface area contributed by atoms with Gasteiger partial charge < -0.3 is 13.6 Å². The Morgan fingerprint density at radius 2 is 1.14 bits per heavy atom. The molecule has 0 aromatic rings. The van der Waals surface area contributed by atoms with E-state index in [9.17, 15) is 8.42 Å². The van der Waals surface area contributed by atoms with Gasteiger partial charge in [0, 0.05) is 0 Å². The van der Waals surface area contributed by atoms with Crippen LogP contribution >= 0.6 is 23.2 Å². The molecule has 210 valence electrons. The van der Waals surface area contributed by atoms with Crippen LogP contribution in [-0.4, -0.2) is 60.7 Å². The maximum Gasteiger partial charge on any atom is 0.266 e. The van der Waals surface area contributed by atoms with Crippen LogP contribution < -0.4 is 0 Å². The number of alkyl halides is 2. The van der Waals surface area contributed by atoms with Gasteiger partial charge in [0.05, 0.1) is 12.9 Å². The fourth-order valence-electron chi connectivity index (χ4n) is 6.58. The zero-order valence-electron chi connectivity index (χ0n) is 24.0. The van der Waals surface area contributed by atoms with Crippen molar-refractivity contribution in [3.63, 3.8) is 0 Å². The molecule has 35 heavy (non-hydrogen) atoms.